The Bertz CT molecular complexity index is 1190. The van der Waals surface area contributed by atoms with E-state index in [2.05, 4.69) is 17.8 Å². The first-order chi connectivity index (χ1) is 20.1. The van der Waals surface area contributed by atoms with Crippen LogP contribution >= 0.6 is 0 Å². The summed E-state index contributed by atoms with van der Waals surface area (Å²) in [6.07, 6.45) is 2.68. The number of benzene rings is 2. The van der Waals surface area contributed by atoms with E-state index in [0.717, 1.165) is 19.3 Å². The number of unbranched alkanes of at least 4 members (excludes halogenated alkanes) is 2. The molecule has 3 rings (SSSR count). The molecule has 230 valence electrons. The van der Waals surface area contributed by atoms with Crippen LogP contribution in [0.3, 0.4) is 0 Å². The number of aliphatic hydroxyl groups is 1. The van der Waals surface area contributed by atoms with E-state index in [1.807, 2.05) is 24.3 Å². The topological polar surface area (TPSA) is 128 Å². The molecule has 0 unspecified atom stereocenters. The number of ether oxygens (including phenoxy) is 4. The number of rotatable bonds is 16. The normalized spacial score (nSPS) is 18.1. The number of amides is 1. The van der Waals surface area contributed by atoms with Gasteiger partial charge in [0.15, 0.2) is 11.6 Å². The molecule has 10 nitrogen and oxygen atoms in total. The molecule has 2 aromatic carbocycles. The zero-order chi connectivity index (χ0) is 30.6. The van der Waals surface area contributed by atoms with Crippen LogP contribution in [-0.4, -0.2) is 60.9 Å². The largest absolute Gasteiger partial charge is 0.497 e. The number of hydrogen-bond acceptors (Lipinski definition) is 9. The summed E-state index contributed by atoms with van der Waals surface area (Å²) in [5.41, 5.74) is 5.05. The molecule has 0 aliphatic carbocycles. The maximum absolute atomic E-state index is 14.0. The minimum atomic E-state index is -1.48. The number of carbonyl (C=O) groups is 2. The van der Waals surface area contributed by atoms with Crippen molar-refractivity contribution >= 4 is 17.8 Å². The van der Waals surface area contributed by atoms with Crippen LogP contribution in [0.1, 0.15) is 83.5 Å². The van der Waals surface area contributed by atoms with Gasteiger partial charge in [-0.2, -0.15) is 0 Å². The van der Waals surface area contributed by atoms with Gasteiger partial charge in [-0.15, -0.1) is 0 Å². The predicted molar refractivity (Wildman–Crippen MR) is 160 cm³/mol. The van der Waals surface area contributed by atoms with E-state index in [0.29, 0.717) is 42.2 Å². The van der Waals surface area contributed by atoms with Gasteiger partial charge in [0, 0.05) is 31.6 Å². The summed E-state index contributed by atoms with van der Waals surface area (Å²) in [4.78, 5) is 31.8. The molecule has 2 aromatic rings. The third kappa shape index (κ3) is 9.19. The number of nitrogens with one attached hydrogen (secondary N) is 2. The van der Waals surface area contributed by atoms with Crippen LogP contribution in [0.15, 0.2) is 53.5 Å². The van der Waals surface area contributed by atoms with E-state index in [9.17, 15) is 9.59 Å². The second-order valence-corrected chi connectivity index (χ2v) is 11.2. The Morgan fingerprint density at radius 3 is 2.50 bits per heavy atom. The molecule has 0 saturated heterocycles. The fraction of sp³-hybridized carbons (Fsp3) is 0.531. The standard InChI is InChI=1S/C32H45N3O7/c1-6-7-8-19-33-35-30(38)32(18-17-27(37)42-31(2,3)4)28(24-11-9-12-26(22-24)39-5)41-29(34-32)23-13-15-25(16-14-23)40-21-10-20-36/h9,11-16,22,28,33,36H,6-8,10,17-21H2,1-5H3,(H,35,38)/t28-,32-/m0/s1. The highest BCUT2D eigenvalue weighted by Crippen LogP contribution is 2.44. The summed E-state index contributed by atoms with van der Waals surface area (Å²) in [5.74, 6) is 0.681. The Balaban J connectivity index is 2.00. The lowest BCUT2D eigenvalue weighted by molar-refractivity contribution is -0.155. The average Bonchev–Trinajstić information content (AvgIpc) is 3.36. The molecule has 1 heterocycles. The number of aliphatic imine (C=N–C) groups is 1. The van der Waals surface area contributed by atoms with Crippen LogP contribution in [0.2, 0.25) is 0 Å². The van der Waals surface area contributed by atoms with E-state index in [-0.39, 0.29) is 25.3 Å². The molecular formula is C32H45N3O7. The summed E-state index contributed by atoms with van der Waals surface area (Å²) in [7, 11) is 1.57. The molecule has 10 heteroatoms. The molecule has 3 N–H and O–H groups in total. The SMILES string of the molecule is CCCCCNNC(=O)[C@@]1(CCC(=O)OC(C)(C)C)N=C(c2ccc(OCCCO)cc2)O[C@H]1c1cccc(OC)c1. The monoisotopic (exact) mass is 583 g/mol. The second kappa shape index (κ2) is 15.6. The molecule has 42 heavy (non-hydrogen) atoms. The number of carbonyl (C=O) groups excluding carboxylic acids is 2. The van der Waals surface area contributed by atoms with Crippen LogP contribution in [0, 0.1) is 0 Å². The Hall–Kier alpha value is -3.63. The Kier molecular flexibility index (Phi) is 12.2. The van der Waals surface area contributed by atoms with Crippen LogP contribution in [0.25, 0.3) is 0 Å². The zero-order valence-electron chi connectivity index (χ0n) is 25.4. The number of aliphatic hydroxyl groups excluding tert-OH is 1. The van der Waals surface area contributed by atoms with Crippen molar-refractivity contribution in [2.75, 3.05) is 26.9 Å². The van der Waals surface area contributed by atoms with Gasteiger partial charge in [0.25, 0.3) is 5.91 Å². The van der Waals surface area contributed by atoms with E-state index < -0.39 is 29.1 Å². The highest BCUT2D eigenvalue weighted by atomic mass is 16.6. The minimum absolute atomic E-state index is 0.0429. The van der Waals surface area contributed by atoms with Gasteiger partial charge < -0.3 is 24.1 Å². The fourth-order valence-corrected chi connectivity index (χ4v) is 4.57. The van der Waals surface area contributed by atoms with Crippen molar-refractivity contribution < 1.29 is 33.6 Å². The molecular weight excluding hydrogens is 538 g/mol. The lowest BCUT2D eigenvalue weighted by atomic mass is 9.83. The molecule has 2 atom stereocenters. The van der Waals surface area contributed by atoms with Gasteiger partial charge in [-0.3, -0.25) is 15.0 Å². The first kappa shape index (κ1) is 32.9. The quantitative estimate of drug-likeness (QED) is 0.148. The van der Waals surface area contributed by atoms with Gasteiger partial charge in [0.2, 0.25) is 5.90 Å². The smallest absolute Gasteiger partial charge is 0.306 e. The lowest BCUT2D eigenvalue weighted by Crippen LogP contribution is -2.53. The number of esters is 1. The van der Waals surface area contributed by atoms with Crippen molar-refractivity contribution in [3.05, 3.63) is 59.7 Å². The molecule has 0 fully saturated rings. The Morgan fingerprint density at radius 1 is 1.07 bits per heavy atom. The molecule has 0 spiro atoms. The highest BCUT2D eigenvalue weighted by Gasteiger charge is 2.53. The molecule has 0 saturated carbocycles. The summed E-state index contributed by atoms with van der Waals surface area (Å²) in [6.45, 7) is 8.57. The maximum atomic E-state index is 14.0. The highest BCUT2D eigenvalue weighted by molar-refractivity contribution is 6.01. The van der Waals surface area contributed by atoms with Gasteiger partial charge in [-0.25, -0.2) is 10.4 Å². The fourth-order valence-electron chi connectivity index (χ4n) is 4.57. The van der Waals surface area contributed by atoms with E-state index in [4.69, 9.17) is 29.0 Å². The number of hydrogen-bond donors (Lipinski definition) is 3. The van der Waals surface area contributed by atoms with Crippen LogP contribution in [0.5, 0.6) is 11.5 Å². The number of nitrogens with zero attached hydrogens (tertiary/aromatic N) is 1. The molecule has 1 amide bonds. The zero-order valence-corrected chi connectivity index (χ0v) is 25.4. The minimum Gasteiger partial charge on any atom is -0.497 e. The number of methoxy groups -OCH3 is 1. The van der Waals surface area contributed by atoms with Crippen molar-refractivity contribution in [3.8, 4) is 11.5 Å². The van der Waals surface area contributed by atoms with Crippen LogP contribution in [-0.2, 0) is 19.1 Å². The van der Waals surface area contributed by atoms with Crippen molar-refractivity contribution in [1.29, 1.82) is 0 Å². The van der Waals surface area contributed by atoms with Crippen LogP contribution in [0.4, 0.5) is 0 Å². The van der Waals surface area contributed by atoms with Gasteiger partial charge in [-0.05, 0) is 75.6 Å². The summed E-state index contributed by atoms with van der Waals surface area (Å²) in [6, 6.07) is 14.5. The van der Waals surface area contributed by atoms with Gasteiger partial charge in [-0.1, -0.05) is 31.9 Å². The Labute approximate surface area is 248 Å². The van der Waals surface area contributed by atoms with Gasteiger partial charge >= 0.3 is 5.97 Å². The first-order valence-electron chi connectivity index (χ1n) is 14.6. The summed E-state index contributed by atoms with van der Waals surface area (Å²) >= 11 is 0. The van der Waals surface area contributed by atoms with Gasteiger partial charge in [0.05, 0.1) is 13.7 Å². The van der Waals surface area contributed by atoms with Crippen LogP contribution < -0.4 is 20.3 Å². The average molecular weight is 584 g/mol. The van der Waals surface area contributed by atoms with E-state index in [1.54, 1.807) is 52.1 Å². The maximum Gasteiger partial charge on any atom is 0.306 e. The Morgan fingerprint density at radius 2 is 1.83 bits per heavy atom. The predicted octanol–water partition coefficient (Wildman–Crippen LogP) is 4.65. The van der Waals surface area contributed by atoms with Gasteiger partial charge in [0.1, 0.15) is 17.1 Å². The van der Waals surface area contributed by atoms with Crippen molar-refractivity contribution in [3.63, 3.8) is 0 Å². The molecule has 0 bridgehead atoms. The summed E-state index contributed by atoms with van der Waals surface area (Å²) in [5, 5.41) is 9.02. The summed E-state index contributed by atoms with van der Waals surface area (Å²) < 4.78 is 23.1. The third-order valence-electron chi connectivity index (χ3n) is 6.66. The molecule has 1 aliphatic heterocycles. The van der Waals surface area contributed by atoms with E-state index >= 15 is 0 Å². The number of hydrazine groups is 1. The molecule has 1 aliphatic rings. The van der Waals surface area contributed by atoms with E-state index in [1.165, 1.54) is 0 Å². The third-order valence-corrected chi connectivity index (χ3v) is 6.66. The molecule has 0 aromatic heterocycles. The first-order valence-corrected chi connectivity index (χ1v) is 14.6. The van der Waals surface area contributed by atoms with Crippen molar-refractivity contribution in [2.24, 2.45) is 4.99 Å². The lowest BCUT2D eigenvalue weighted by Gasteiger charge is -2.31. The second-order valence-electron chi connectivity index (χ2n) is 11.2. The molecule has 0 radical (unpaired) electrons. The van der Waals surface area contributed by atoms with Crippen molar-refractivity contribution in [2.45, 2.75) is 83.5 Å². The van der Waals surface area contributed by atoms with Crippen molar-refractivity contribution in [1.82, 2.24) is 10.9 Å².